The lowest BCUT2D eigenvalue weighted by molar-refractivity contribution is -0.154. The molecule has 31 heavy (non-hydrogen) atoms. The number of amides is 1. The Labute approximate surface area is 184 Å². The molecule has 172 valence electrons. The van der Waals surface area contributed by atoms with Crippen LogP contribution in [0.5, 0.6) is 5.75 Å². The summed E-state index contributed by atoms with van der Waals surface area (Å²) in [5.41, 5.74) is 0.328. The minimum Gasteiger partial charge on any atom is -0.463 e. The van der Waals surface area contributed by atoms with Crippen LogP contribution in [0.3, 0.4) is 0 Å². The molecule has 1 aliphatic heterocycles. The van der Waals surface area contributed by atoms with E-state index in [9.17, 15) is 14.4 Å². The summed E-state index contributed by atoms with van der Waals surface area (Å²) in [5.74, 6) is -0.321. The third kappa shape index (κ3) is 6.35. The van der Waals surface area contributed by atoms with Crippen molar-refractivity contribution in [3.8, 4) is 5.75 Å². The first-order valence-corrected chi connectivity index (χ1v) is 10.8. The lowest BCUT2D eigenvalue weighted by atomic mass is 9.91. The van der Waals surface area contributed by atoms with Crippen LogP contribution in [0.25, 0.3) is 0 Å². The van der Waals surface area contributed by atoms with Gasteiger partial charge in [0.2, 0.25) is 5.91 Å². The molecular weight excluding hydrogens is 398 g/mol. The second kappa shape index (κ2) is 10.0. The SMILES string of the molecule is CCC(C)(C)C(=O)OCCNC(=O)CC1Nc2cccc(OC(=O)C(C)(C)CC)c2N1. The van der Waals surface area contributed by atoms with Gasteiger partial charge in [-0.1, -0.05) is 19.9 Å². The molecule has 2 rings (SSSR count). The summed E-state index contributed by atoms with van der Waals surface area (Å²) >= 11 is 0. The van der Waals surface area contributed by atoms with Crippen molar-refractivity contribution >= 4 is 29.2 Å². The predicted octanol–water partition coefficient (Wildman–Crippen LogP) is 3.68. The van der Waals surface area contributed by atoms with Gasteiger partial charge in [0.1, 0.15) is 18.5 Å². The van der Waals surface area contributed by atoms with E-state index in [0.29, 0.717) is 24.3 Å². The second-order valence-corrected chi connectivity index (χ2v) is 9.07. The van der Waals surface area contributed by atoms with E-state index < -0.39 is 10.8 Å². The zero-order chi connectivity index (χ0) is 23.2. The van der Waals surface area contributed by atoms with E-state index in [1.165, 1.54) is 0 Å². The number of carbonyl (C=O) groups is 3. The van der Waals surface area contributed by atoms with Gasteiger partial charge in [0.15, 0.2) is 5.75 Å². The first-order valence-electron chi connectivity index (χ1n) is 10.8. The molecule has 0 bridgehead atoms. The molecule has 0 aliphatic carbocycles. The smallest absolute Gasteiger partial charge is 0.316 e. The molecule has 1 atom stereocenters. The quantitative estimate of drug-likeness (QED) is 0.294. The number of fused-ring (bicyclic) bond motifs is 1. The highest BCUT2D eigenvalue weighted by Gasteiger charge is 2.31. The van der Waals surface area contributed by atoms with Crippen molar-refractivity contribution in [3.63, 3.8) is 0 Å². The molecule has 0 saturated carbocycles. The minimum absolute atomic E-state index is 0.132. The molecule has 8 nitrogen and oxygen atoms in total. The van der Waals surface area contributed by atoms with Gasteiger partial charge in [0.25, 0.3) is 0 Å². The fourth-order valence-corrected chi connectivity index (χ4v) is 2.70. The largest absolute Gasteiger partial charge is 0.463 e. The fourth-order valence-electron chi connectivity index (χ4n) is 2.70. The van der Waals surface area contributed by atoms with Crippen LogP contribution in [0.4, 0.5) is 11.4 Å². The molecule has 0 aromatic heterocycles. The van der Waals surface area contributed by atoms with Gasteiger partial charge in [-0.2, -0.15) is 0 Å². The van der Waals surface area contributed by atoms with E-state index in [-0.39, 0.29) is 43.6 Å². The summed E-state index contributed by atoms with van der Waals surface area (Å²) in [6.45, 7) is 11.6. The number of para-hydroxylation sites is 1. The third-order valence-corrected chi connectivity index (χ3v) is 5.80. The zero-order valence-electron chi connectivity index (χ0n) is 19.4. The average Bonchev–Trinajstić information content (AvgIpc) is 3.14. The van der Waals surface area contributed by atoms with Crippen LogP contribution in [0.15, 0.2) is 18.2 Å². The summed E-state index contributed by atoms with van der Waals surface area (Å²) in [7, 11) is 0. The van der Waals surface area contributed by atoms with Gasteiger partial charge in [-0.15, -0.1) is 0 Å². The molecule has 1 amide bonds. The average molecular weight is 434 g/mol. The number of esters is 2. The summed E-state index contributed by atoms with van der Waals surface area (Å²) in [4.78, 5) is 36.6. The Morgan fingerprint density at radius 3 is 2.29 bits per heavy atom. The molecule has 1 heterocycles. The molecule has 1 aliphatic rings. The van der Waals surface area contributed by atoms with E-state index in [2.05, 4.69) is 16.0 Å². The Morgan fingerprint density at radius 1 is 1.00 bits per heavy atom. The summed E-state index contributed by atoms with van der Waals surface area (Å²) < 4.78 is 10.8. The molecule has 0 spiro atoms. The maximum Gasteiger partial charge on any atom is 0.316 e. The third-order valence-electron chi connectivity index (χ3n) is 5.80. The maximum atomic E-state index is 12.4. The predicted molar refractivity (Wildman–Crippen MR) is 120 cm³/mol. The number of rotatable bonds is 10. The first kappa shape index (κ1) is 24.5. The molecule has 1 unspecified atom stereocenters. The topological polar surface area (TPSA) is 106 Å². The maximum absolute atomic E-state index is 12.4. The van der Waals surface area contributed by atoms with Crippen LogP contribution >= 0.6 is 0 Å². The molecular formula is C23H35N3O5. The number of nitrogens with one attached hydrogen (secondary N) is 3. The van der Waals surface area contributed by atoms with Crippen LogP contribution in [0.1, 0.15) is 60.8 Å². The van der Waals surface area contributed by atoms with Gasteiger partial charge in [0, 0.05) is 0 Å². The highest BCUT2D eigenvalue weighted by molar-refractivity contribution is 5.87. The Morgan fingerprint density at radius 2 is 1.65 bits per heavy atom. The molecule has 0 saturated heterocycles. The van der Waals surface area contributed by atoms with Gasteiger partial charge in [-0.25, -0.2) is 0 Å². The van der Waals surface area contributed by atoms with Crippen molar-refractivity contribution < 1.29 is 23.9 Å². The molecule has 0 fully saturated rings. The number of hydrogen-bond donors (Lipinski definition) is 3. The van der Waals surface area contributed by atoms with Crippen molar-refractivity contribution in [3.05, 3.63) is 18.2 Å². The Bertz CT molecular complexity index is 819. The van der Waals surface area contributed by atoms with E-state index in [0.717, 1.165) is 5.69 Å². The molecule has 8 heteroatoms. The Kier molecular flexibility index (Phi) is 7.92. The zero-order valence-corrected chi connectivity index (χ0v) is 19.4. The van der Waals surface area contributed by atoms with Crippen molar-refractivity contribution in [1.29, 1.82) is 0 Å². The van der Waals surface area contributed by atoms with Crippen molar-refractivity contribution in [2.75, 3.05) is 23.8 Å². The number of benzene rings is 1. The Hall–Kier alpha value is -2.77. The van der Waals surface area contributed by atoms with Crippen molar-refractivity contribution in [2.45, 2.75) is 67.0 Å². The van der Waals surface area contributed by atoms with E-state index in [1.54, 1.807) is 12.1 Å². The van der Waals surface area contributed by atoms with E-state index in [4.69, 9.17) is 9.47 Å². The van der Waals surface area contributed by atoms with Gasteiger partial charge >= 0.3 is 11.9 Å². The van der Waals surface area contributed by atoms with Gasteiger partial charge in [-0.05, 0) is 52.7 Å². The van der Waals surface area contributed by atoms with Crippen LogP contribution in [0.2, 0.25) is 0 Å². The minimum atomic E-state index is -0.580. The lowest BCUT2D eigenvalue weighted by Gasteiger charge is -2.21. The summed E-state index contributed by atoms with van der Waals surface area (Å²) in [6, 6.07) is 5.38. The standard InChI is InChI=1S/C23H35N3O5/c1-7-22(3,4)20(28)30-13-12-24-18(27)14-17-25-15-10-9-11-16(19(15)26-17)31-21(29)23(5,6)8-2/h9-11,17,25-26H,7-8,12-14H2,1-6H3,(H,24,27). The molecule has 3 N–H and O–H groups in total. The second-order valence-electron chi connectivity index (χ2n) is 9.07. The van der Waals surface area contributed by atoms with E-state index >= 15 is 0 Å². The first-order chi connectivity index (χ1) is 14.5. The number of ether oxygens (including phenoxy) is 2. The highest BCUT2D eigenvalue weighted by atomic mass is 16.5. The molecule has 0 radical (unpaired) electrons. The van der Waals surface area contributed by atoms with Crippen LogP contribution < -0.4 is 20.7 Å². The summed E-state index contributed by atoms with van der Waals surface area (Å²) in [6.07, 6.45) is 1.18. The number of anilines is 2. The van der Waals surface area contributed by atoms with Gasteiger partial charge in [-0.3, -0.25) is 14.4 Å². The van der Waals surface area contributed by atoms with Crippen molar-refractivity contribution in [2.24, 2.45) is 10.8 Å². The van der Waals surface area contributed by atoms with E-state index in [1.807, 2.05) is 47.6 Å². The van der Waals surface area contributed by atoms with Crippen molar-refractivity contribution in [1.82, 2.24) is 5.32 Å². The normalized spacial score (nSPS) is 15.4. The number of hydrogen-bond acceptors (Lipinski definition) is 7. The monoisotopic (exact) mass is 433 g/mol. The Balaban J connectivity index is 1.83. The van der Waals surface area contributed by atoms with Gasteiger partial charge < -0.3 is 25.4 Å². The van der Waals surface area contributed by atoms with Crippen LogP contribution in [0, 0.1) is 10.8 Å². The fraction of sp³-hybridized carbons (Fsp3) is 0.609. The highest BCUT2D eigenvalue weighted by Crippen LogP contribution is 2.39. The molecule has 1 aromatic carbocycles. The van der Waals surface area contributed by atoms with Gasteiger partial charge in [0.05, 0.1) is 29.5 Å². The summed E-state index contributed by atoms with van der Waals surface area (Å²) in [5, 5.41) is 9.18. The lowest BCUT2D eigenvalue weighted by Crippen LogP contribution is -2.35. The molecule has 1 aromatic rings. The van der Waals surface area contributed by atoms with Crippen LogP contribution in [-0.4, -0.2) is 37.2 Å². The number of carbonyl (C=O) groups excluding carboxylic acids is 3. The van der Waals surface area contributed by atoms with Crippen LogP contribution in [-0.2, 0) is 19.1 Å².